The molecule has 1 saturated carbocycles. The Labute approximate surface area is 118 Å². The van der Waals surface area contributed by atoms with Crippen molar-refractivity contribution in [2.75, 3.05) is 13.1 Å². The van der Waals surface area contributed by atoms with Crippen molar-refractivity contribution >= 4 is 17.8 Å². The van der Waals surface area contributed by atoms with Crippen LogP contribution in [0.4, 0.5) is 0 Å². The van der Waals surface area contributed by atoms with Crippen molar-refractivity contribution in [2.45, 2.75) is 51.0 Å². The Bertz CT molecular complexity index is 389. The van der Waals surface area contributed by atoms with Crippen LogP contribution in [0.2, 0.25) is 0 Å². The van der Waals surface area contributed by atoms with Crippen LogP contribution in [0, 0.1) is 5.92 Å². The van der Waals surface area contributed by atoms with E-state index in [9.17, 15) is 19.5 Å². The van der Waals surface area contributed by atoms with Gasteiger partial charge in [0, 0.05) is 12.5 Å². The quantitative estimate of drug-likeness (QED) is 0.783. The molecule has 1 aliphatic carbocycles. The minimum absolute atomic E-state index is 0.00657. The second kappa shape index (κ2) is 6.72. The zero-order chi connectivity index (χ0) is 14.5. The van der Waals surface area contributed by atoms with Crippen molar-refractivity contribution in [1.82, 2.24) is 10.2 Å². The second-order valence-corrected chi connectivity index (χ2v) is 5.67. The van der Waals surface area contributed by atoms with Crippen molar-refractivity contribution in [2.24, 2.45) is 5.92 Å². The summed E-state index contributed by atoms with van der Waals surface area (Å²) in [6.45, 7) is -0.126. The van der Waals surface area contributed by atoms with E-state index in [1.807, 2.05) is 0 Å². The fourth-order valence-corrected chi connectivity index (χ4v) is 3.03. The number of amides is 2. The van der Waals surface area contributed by atoms with Gasteiger partial charge in [0.1, 0.15) is 12.6 Å². The van der Waals surface area contributed by atoms with E-state index in [1.165, 1.54) is 11.3 Å². The summed E-state index contributed by atoms with van der Waals surface area (Å²) in [6, 6.07) is -0.925. The number of hydrogen-bond donors (Lipinski definition) is 2. The fraction of sp³-hybridized carbons (Fsp3) is 0.786. The Kier molecular flexibility index (Phi) is 4.98. The van der Waals surface area contributed by atoms with Crippen LogP contribution in [0.15, 0.2) is 0 Å². The van der Waals surface area contributed by atoms with Gasteiger partial charge in [-0.2, -0.15) is 0 Å². The second-order valence-electron chi connectivity index (χ2n) is 5.67. The molecule has 2 amide bonds. The van der Waals surface area contributed by atoms with E-state index in [-0.39, 0.29) is 30.8 Å². The molecule has 0 aromatic heterocycles. The molecule has 2 fully saturated rings. The summed E-state index contributed by atoms with van der Waals surface area (Å²) in [4.78, 5) is 36.5. The maximum atomic E-state index is 12.6. The molecule has 1 unspecified atom stereocenters. The van der Waals surface area contributed by atoms with Crippen LogP contribution >= 0.6 is 0 Å². The third-order valence-corrected chi connectivity index (χ3v) is 4.21. The highest BCUT2D eigenvalue weighted by atomic mass is 16.4. The lowest BCUT2D eigenvalue weighted by molar-refractivity contribution is -0.156. The molecule has 6 heteroatoms. The maximum Gasteiger partial charge on any atom is 0.328 e. The molecule has 6 nitrogen and oxygen atoms in total. The highest BCUT2D eigenvalue weighted by Crippen LogP contribution is 2.25. The van der Waals surface area contributed by atoms with Gasteiger partial charge in [-0.15, -0.1) is 0 Å². The van der Waals surface area contributed by atoms with Gasteiger partial charge in [0.15, 0.2) is 0 Å². The highest BCUT2D eigenvalue weighted by molar-refractivity contribution is 5.92. The first-order valence-corrected chi connectivity index (χ1v) is 7.39. The van der Waals surface area contributed by atoms with Crippen molar-refractivity contribution in [3.8, 4) is 0 Å². The summed E-state index contributed by atoms with van der Waals surface area (Å²) in [7, 11) is 0. The zero-order valence-corrected chi connectivity index (χ0v) is 11.6. The lowest BCUT2D eigenvalue weighted by Crippen LogP contribution is -2.60. The Morgan fingerprint density at radius 3 is 2.30 bits per heavy atom. The van der Waals surface area contributed by atoms with Gasteiger partial charge in [-0.1, -0.05) is 32.1 Å². The van der Waals surface area contributed by atoms with Crippen LogP contribution in [0.3, 0.4) is 0 Å². The third-order valence-electron chi connectivity index (χ3n) is 4.21. The number of hydrogen-bond acceptors (Lipinski definition) is 3. The molecule has 1 aliphatic heterocycles. The molecule has 1 heterocycles. The van der Waals surface area contributed by atoms with Crippen molar-refractivity contribution < 1.29 is 19.5 Å². The lowest BCUT2D eigenvalue weighted by Gasteiger charge is -2.35. The van der Waals surface area contributed by atoms with E-state index in [1.54, 1.807) is 0 Å². The summed E-state index contributed by atoms with van der Waals surface area (Å²) in [5.74, 6) is -1.61. The number of rotatable bonds is 2. The number of carbonyl (C=O) groups excluding carboxylic acids is 2. The molecule has 2 aliphatic rings. The molecule has 20 heavy (non-hydrogen) atoms. The van der Waals surface area contributed by atoms with Gasteiger partial charge in [-0.25, -0.2) is 4.79 Å². The number of carbonyl (C=O) groups is 3. The predicted octanol–water partition coefficient (Wildman–Crippen LogP) is 0.758. The van der Waals surface area contributed by atoms with Crippen LogP contribution < -0.4 is 5.32 Å². The van der Waals surface area contributed by atoms with Gasteiger partial charge >= 0.3 is 5.97 Å². The normalized spacial score (nSPS) is 25.5. The van der Waals surface area contributed by atoms with Gasteiger partial charge in [-0.3, -0.25) is 9.59 Å². The minimum Gasteiger partial charge on any atom is -0.480 e. The molecular formula is C14H22N2O4. The van der Waals surface area contributed by atoms with Crippen LogP contribution in [-0.4, -0.2) is 46.9 Å². The topological polar surface area (TPSA) is 86.7 Å². The van der Waals surface area contributed by atoms with Crippen LogP contribution in [0.25, 0.3) is 0 Å². The average Bonchev–Trinajstić information content (AvgIpc) is 2.37. The standard InChI is InChI=1S/C14H22N2O4/c17-12-9-16(11(8-15-12)14(19)20)13(18)10-6-4-2-1-3-5-7-10/h10-11H,1-9H2,(H,15,17)(H,19,20). The number of nitrogens with zero attached hydrogens (tertiary/aromatic N) is 1. The molecule has 0 bridgehead atoms. The molecule has 1 saturated heterocycles. The molecule has 0 aromatic rings. The van der Waals surface area contributed by atoms with Crippen LogP contribution in [0.5, 0.6) is 0 Å². The number of nitrogens with one attached hydrogen (secondary N) is 1. The van der Waals surface area contributed by atoms with Crippen LogP contribution in [0.1, 0.15) is 44.9 Å². The van der Waals surface area contributed by atoms with E-state index < -0.39 is 12.0 Å². The fourth-order valence-electron chi connectivity index (χ4n) is 3.03. The van der Waals surface area contributed by atoms with Gasteiger partial charge in [0.05, 0.1) is 0 Å². The smallest absolute Gasteiger partial charge is 0.328 e. The number of carboxylic acid groups (broad SMARTS) is 1. The number of piperazine rings is 1. The SMILES string of the molecule is O=C1CN(C(=O)C2CCCCCCC2)C(C(=O)O)CN1. The van der Waals surface area contributed by atoms with Gasteiger partial charge in [0.25, 0.3) is 0 Å². The number of aliphatic carboxylic acids is 1. The highest BCUT2D eigenvalue weighted by Gasteiger charge is 2.37. The summed E-state index contributed by atoms with van der Waals surface area (Å²) in [5.41, 5.74) is 0. The maximum absolute atomic E-state index is 12.6. The van der Waals surface area contributed by atoms with E-state index in [0.29, 0.717) is 0 Å². The largest absolute Gasteiger partial charge is 0.480 e. The first kappa shape index (κ1) is 14.8. The van der Waals surface area contributed by atoms with Gasteiger partial charge < -0.3 is 15.3 Å². The average molecular weight is 282 g/mol. The third kappa shape index (κ3) is 3.49. The molecule has 112 valence electrons. The minimum atomic E-state index is -1.05. The molecule has 0 radical (unpaired) electrons. The Morgan fingerprint density at radius 1 is 1.10 bits per heavy atom. The van der Waals surface area contributed by atoms with Crippen molar-refractivity contribution in [1.29, 1.82) is 0 Å². The Balaban J connectivity index is 2.06. The van der Waals surface area contributed by atoms with Crippen LogP contribution in [-0.2, 0) is 14.4 Å². The number of carboxylic acids is 1. The van der Waals surface area contributed by atoms with E-state index in [0.717, 1.165) is 38.5 Å². The molecule has 1 atom stereocenters. The first-order chi connectivity index (χ1) is 9.59. The molecular weight excluding hydrogens is 260 g/mol. The Morgan fingerprint density at radius 2 is 1.70 bits per heavy atom. The summed E-state index contributed by atoms with van der Waals surface area (Å²) in [5, 5.41) is 11.7. The lowest BCUT2D eigenvalue weighted by atomic mass is 9.89. The summed E-state index contributed by atoms with van der Waals surface area (Å²) < 4.78 is 0. The summed E-state index contributed by atoms with van der Waals surface area (Å²) >= 11 is 0. The first-order valence-electron chi connectivity index (χ1n) is 7.39. The molecule has 2 rings (SSSR count). The van der Waals surface area contributed by atoms with E-state index >= 15 is 0 Å². The van der Waals surface area contributed by atoms with Gasteiger partial charge in [-0.05, 0) is 12.8 Å². The van der Waals surface area contributed by atoms with Gasteiger partial charge in [0.2, 0.25) is 11.8 Å². The van der Waals surface area contributed by atoms with Crippen molar-refractivity contribution in [3.63, 3.8) is 0 Å². The zero-order valence-electron chi connectivity index (χ0n) is 11.6. The molecule has 2 N–H and O–H groups in total. The predicted molar refractivity (Wildman–Crippen MR) is 72.0 cm³/mol. The molecule has 0 spiro atoms. The monoisotopic (exact) mass is 282 g/mol. The molecule has 0 aromatic carbocycles. The van der Waals surface area contributed by atoms with Crippen molar-refractivity contribution in [3.05, 3.63) is 0 Å². The van der Waals surface area contributed by atoms with E-state index in [2.05, 4.69) is 5.32 Å². The summed E-state index contributed by atoms with van der Waals surface area (Å²) in [6.07, 6.45) is 7.11. The Hall–Kier alpha value is -1.59. The van der Waals surface area contributed by atoms with E-state index in [4.69, 9.17) is 0 Å².